The highest BCUT2D eigenvalue weighted by atomic mass is 19.1. The first-order valence-electron chi connectivity index (χ1n) is 5.81. The third kappa shape index (κ3) is 2.42. The number of rotatable bonds is 5. The van der Waals surface area contributed by atoms with Crippen LogP contribution in [0.5, 0.6) is 0 Å². The topological polar surface area (TPSA) is 32.3 Å². The second-order valence-electron chi connectivity index (χ2n) is 4.71. The van der Waals surface area contributed by atoms with Gasteiger partial charge in [-0.15, -0.1) is 0 Å². The van der Waals surface area contributed by atoms with Crippen molar-refractivity contribution in [1.29, 1.82) is 0 Å². The van der Waals surface area contributed by atoms with E-state index in [1.54, 1.807) is 12.1 Å². The molecule has 1 fully saturated rings. The van der Waals surface area contributed by atoms with E-state index in [1.165, 1.54) is 12.5 Å². The number of benzene rings is 1. The largest absolute Gasteiger partial charge is 0.396 e. The fourth-order valence-corrected chi connectivity index (χ4v) is 2.17. The average Bonchev–Trinajstić information content (AvgIpc) is 2.25. The molecule has 0 spiro atoms. The Kier molecular flexibility index (Phi) is 3.56. The molecule has 1 aromatic carbocycles. The van der Waals surface area contributed by atoms with Gasteiger partial charge in [0.1, 0.15) is 5.82 Å². The van der Waals surface area contributed by atoms with E-state index in [-0.39, 0.29) is 17.8 Å². The van der Waals surface area contributed by atoms with Gasteiger partial charge in [0.15, 0.2) is 0 Å². The van der Waals surface area contributed by atoms with E-state index in [1.807, 2.05) is 6.07 Å². The first-order chi connectivity index (χ1) is 7.76. The summed E-state index contributed by atoms with van der Waals surface area (Å²) in [6.07, 6.45) is 3.35. The molecule has 1 aliphatic carbocycles. The van der Waals surface area contributed by atoms with Crippen LogP contribution >= 0.6 is 0 Å². The van der Waals surface area contributed by atoms with Crippen LogP contribution in [0.25, 0.3) is 0 Å². The number of aliphatic hydroxyl groups excluding tert-OH is 1. The summed E-state index contributed by atoms with van der Waals surface area (Å²) in [6, 6.07) is 6.79. The summed E-state index contributed by atoms with van der Waals surface area (Å²) < 4.78 is 13.3. The third-order valence-electron chi connectivity index (χ3n) is 3.52. The van der Waals surface area contributed by atoms with E-state index in [0.717, 1.165) is 19.4 Å². The maximum Gasteiger partial charge on any atom is 0.127 e. The Bertz CT molecular complexity index is 344. The molecular weight excluding hydrogens is 205 g/mol. The lowest BCUT2D eigenvalue weighted by Gasteiger charge is -2.40. The van der Waals surface area contributed by atoms with Crippen LogP contribution in [0.4, 0.5) is 4.39 Å². The second-order valence-corrected chi connectivity index (χ2v) is 4.71. The molecule has 3 heteroatoms. The monoisotopic (exact) mass is 223 g/mol. The minimum Gasteiger partial charge on any atom is -0.396 e. The molecule has 0 aliphatic heterocycles. The summed E-state index contributed by atoms with van der Waals surface area (Å²) >= 11 is 0. The molecule has 2 N–H and O–H groups in total. The lowest BCUT2D eigenvalue weighted by atomic mass is 9.69. The van der Waals surface area contributed by atoms with Crippen LogP contribution in [0.2, 0.25) is 0 Å². The molecule has 0 saturated heterocycles. The van der Waals surface area contributed by atoms with E-state index >= 15 is 0 Å². The van der Waals surface area contributed by atoms with Gasteiger partial charge in [-0.2, -0.15) is 0 Å². The van der Waals surface area contributed by atoms with Crippen molar-refractivity contribution in [2.24, 2.45) is 5.41 Å². The maximum absolute atomic E-state index is 13.3. The molecular formula is C13H18FNO. The number of nitrogens with one attached hydrogen (secondary N) is 1. The van der Waals surface area contributed by atoms with E-state index in [4.69, 9.17) is 0 Å². The van der Waals surface area contributed by atoms with Crippen LogP contribution in [0.15, 0.2) is 24.3 Å². The number of hydrogen-bond donors (Lipinski definition) is 2. The molecule has 88 valence electrons. The van der Waals surface area contributed by atoms with Crippen LogP contribution in [-0.2, 0) is 6.54 Å². The first kappa shape index (κ1) is 11.6. The van der Waals surface area contributed by atoms with Gasteiger partial charge in [0.25, 0.3) is 0 Å². The van der Waals surface area contributed by atoms with Gasteiger partial charge in [0.05, 0.1) is 0 Å². The van der Waals surface area contributed by atoms with Gasteiger partial charge in [-0.05, 0) is 18.9 Å². The lowest BCUT2D eigenvalue weighted by Crippen LogP contribution is -2.42. The standard InChI is InChI=1S/C13H18FNO/c14-12-5-2-1-4-11(12)8-15-9-13(10-16)6-3-7-13/h1-2,4-5,15-16H,3,6-10H2. The van der Waals surface area contributed by atoms with Gasteiger partial charge < -0.3 is 10.4 Å². The highest BCUT2D eigenvalue weighted by molar-refractivity contribution is 5.16. The Hall–Kier alpha value is -0.930. The van der Waals surface area contributed by atoms with Crippen LogP contribution in [0, 0.1) is 11.2 Å². The summed E-state index contributed by atoms with van der Waals surface area (Å²) in [7, 11) is 0. The number of hydrogen-bond acceptors (Lipinski definition) is 2. The molecule has 2 nitrogen and oxygen atoms in total. The van der Waals surface area contributed by atoms with E-state index in [9.17, 15) is 9.50 Å². The molecule has 0 amide bonds. The molecule has 1 aromatic rings. The van der Waals surface area contributed by atoms with E-state index in [0.29, 0.717) is 12.1 Å². The predicted molar refractivity (Wildman–Crippen MR) is 61.5 cm³/mol. The molecule has 2 rings (SSSR count). The fourth-order valence-electron chi connectivity index (χ4n) is 2.17. The van der Waals surface area contributed by atoms with Crippen molar-refractivity contribution in [3.63, 3.8) is 0 Å². The van der Waals surface area contributed by atoms with Crippen LogP contribution in [0.1, 0.15) is 24.8 Å². The minimum absolute atomic E-state index is 0.0608. The first-order valence-corrected chi connectivity index (χ1v) is 5.81. The van der Waals surface area contributed by atoms with Gasteiger partial charge >= 0.3 is 0 Å². The molecule has 16 heavy (non-hydrogen) atoms. The van der Waals surface area contributed by atoms with Gasteiger partial charge in [-0.1, -0.05) is 24.6 Å². The lowest BCUT2D eigenvalue weighted by molar-refractivity contribution is 0.0444. The molecule has 0 heterocycles. The summed E-state index contributed by atoms with van der Waals surface area (Å²) in [4.78, 5) is 0. The van der Waals surface area contributed by atoms with Gasteiger partial charge in [-0.25, -0.2) is 4.39 Å². The average molecular weight is 223 g/mol. The quantitative estimate of drug-likeness (QED) is 0.801. The Morgan fingerprint density at radius 3 is 2.62 bits per heavy atom. The molecule has 1 saturated carbocycles. The zero-order valence-electron chi connectivity index (χ0n) is 9.38. The SMILES string of the molecule is OCC1(CNCc2ccccc2F)CCC1. The zero-order valence-corrected chi connectivity index (χ0v) is 9.38. The number of halogens is 1. The second kappa shape index (κ2) is 4.93. The Morgan fingerprint density at radius 2 is 2.06 bits per heavy atom. The zero-order chi connectivity index (χ0) is 11.4. The number of aliphatic hydroxyl groups is 1. The van der Waals surface area contributed by atoms with Crippen LogP contribution < -0.4 is 5.32 Å². The van der Waals surface area contributed by atoms with Crippen molar-refractivity contribution < 1.29 is 9.50 Å². The predicted octanol–water partition coefficient (Wildman–Crippen LogP) is 2.08. The Morgan fingerprint density at radius 1 is 1.31 bits per heavy atom. The van der Waals surface area contributed by atoms with Crippen molar-refractivity contribution in [3.05, 3.63) is 35.6 Å². The normalized spacial score (nSPS) is 18.1. The third-order valence-corrected chi connectivity index (χ3v) is 3.52. The van der Waals surface area contributed by atoms with Crippen molar-refractivity contribution in [1.82, 2.24) is 5.32 Å². The van der Waals surface area contributed by atoms with Crippen molar-refractivity contribution >= 4 is 0 Å². The van der Waals surface area contributed by atoms with E-state index < -0.39 is 0 Å². The smallest absolute Gasteiger partial charge is 0.127 e. The maximum atomic E-state index is 13.3. The summed E-state index contributed by atoms with van der Waals surface area (Å²) in [6.45, 7) is 1.55. The molecule has 1 aliphatic rings. The van der Waals surface area contributed by atoms with Gasteiger partial charge in [-0.3, -0.25) is 0 Å². The fraction of sp³-hybridized carbons (Fsp3) is 0.538. The molecule has 0 atom stereocenters. The van der Waals surface area contributed by atoms with Crippen LogP contribution in [-0.4, -0.2) is 18.3 Å². The minimum atomic E-state index is -0.165. The molecule has 0 unspecified atom stereocenters. The summed E-state index contributed by atoms with van der Waals surface area (Å²) in [5.41, 5.74) is 0.751. The van der Waals surface area contributed by atoms with Crippen molar-refractivity contribution in [2.45, 2.75) is 25.8 Å². The Balaban J connectivity index is 1.82. The summed E-state index contributed by atoms with van der Waals surface area (Å²) in [5.74, 6) is -0.165. The van der Waals surface area contributed by atoms with E-state index in [2.05, 4.69) is 5.32 Å². The van der Waals surface area contributed by atoms with Crippen LogP contribution in [0.3, 0.4) is 0 Å². The van der Waals surface area contributed by atoms with Gasteiger partial charge in [0.2, 0.25) is 0 Å². The molecule has 0 aromatic heterocycles. The Labute approximate surface area is 95.5 Å². The summed E-state index contributed by atoms with van der Waals surface area (Å²) in [5, 5.41) is 12.5. The van der Waals surface area contributed by atoms with Crippen molar-refractivity contribution in [3.8, 4) is 0 Å². The molecule has 0 bridgehead atoms. The highest BCUT2D eigenvalue weighted by Crippen LogP contribution is 2.39. The van der Waals surface area contributed by atoms with Crippen molar-refractivity contribution in [2.75, 3.05) is 13.2 Å². The highest BCUT2D eigenvalue weighted by Gasteiger charge is 2.35. The molecule has 0 radical (unpaired) electrons. The van der Waals surface area contributed by atoms with Gasteiger partial charge in [0, 0.05) is 30.7 Å².